The molecule has 1 fully saturated rings. The molecule has 0 saturated carbocycles. The van der Waals surface area contributed by atoms with E-state index in [2.05, 4.69) is 10.6 Å². The summed E-state index contributed by atoms with van der Waals surface area (Å²) < 4.78 is 10.8. The van der Waals surface area contributed by atoms with Gasteiger partial charge in [0.25, 0.3) is 5.91 Å². The average molecular weight is 419 g/mol. The standard InChI is InChI=1S/C21H29N3O6/c1-21(2,3)30-20(28)24-12-10-15(11-13-24)18(26)29-16(14-8-6-5-7-9-14)17(25)23-19(27)22-4/h5-9,15-16H,10-13H2,1-4H3,(H2,22,23,25,27)/t16-/m0/s1. The van der Waals surface area contributed by atoms with Gasteiger partial charge in [-0.25, -0.2) is 9.59 Å². The summed E-state index contributed by atoms with van der Waals surface area (Å²) in [6.45, 7) is 6.10. The Labute approximate surface area is 176 Å². The summed E-state index contributed by atoms with van der Waals surface area (Å²) in [5.41, 5.74) is -0.132. The van der Waals surface area contributed by atoms with Crippen molar-refractivity contribution in [1.29, 1.82) is 0 Å². The van der Waals surface area contributed by atoms with Gasteiger partial charge in [0.1, 0.15) is 5.60 Å². The van der Waals surface area contributed by atoms with Crippen LogP contribution in [0.15, 0.2) is 30.3 Å². The van der Waals surface area contributed by atoms with Crippen LogP contribution in [0.1, 0.15) is 45.3 Å². The minimum absolute atomic E-state index is 0.356. The Morgan fingerprint density at radius 3 is 2.20 bits per heavy atom. The van der Waals surface area contributed by atoms with E-state index in [1.54, 1.807) is 56.0 Å². The lowest BCUT2D eigenvalue weighted by Gasteiger charge is -2.33. The molecule has 1 aromatic carbocycles. The molecule has 1 aromatic rings. The summed E-state index contributed by atoms with van der Waals surface area (Å²) in [7, 11) is 1.38. The number of likely N-dealkylation sites (tertiary alicyclic amines) is 1. The zero-order valence-corrected chi connectivity index (χ0v) is 17.8. The first-order valence-electron chi connectivity index (χ1n) is 9.86. The SMILES string of the molecule is CNC(=O)NC(=O)[C@@H](OC(=O)C1CCN(C(=O)OC(C)(C)C)CC1)c1ccccc1. The number of imide groups is 1. The monoisotopic (exact) mass is 419 g/mol. The van der Waals surface area contributed by atoms with Crippen molar-refractivity contribution in [2.75, 3.05) is 20.1 Å². The second-order valence-corrected chi connectivity index (χ2v) is 8.04. The van der Waals surface area contributed by atoms with Crippen LogP contribution in [0.4, 0.5) is 9.59 Å². The van der Waals surface area contributed by atoms with Gasteiger partial charge in [-0.05, 0) is 33.6 Å². The van der Waals surface area contributed by atoms with Crippen LogP contribution < -0.4 is 10.6 Å². The van der Waals surface area contributed by atoms with Crippen LogP contribution in [0.2, 0.25) is 0 Å². The Balaban J connectivity index is 2.00. The van der Waals surface area contributed by atoms with Crippen molar-refractivity contribution >= 4 is 24.0 Å². The third-order valence-electron chi connectivity index (χ3n) is 4.52. The Morgan fingerprint density at radius 1 is 1.07 bits per heavy atom. The quantitative estimate of drug-likeness (QED) is 0.725. The second kappa shape index (κ2) is 10.1. The van der Waals surface area contributed by atoms with E-state index in [0.29, 0.717) is 31.5 Å². The van der Waals surface area contributed by atoms with E-state index < -0.39 is 41.6 Å². The lowest BCUT2D eigenvalue weighted by Crippen LogP contribution is -2.44. The molecular weight excluding hydrogens is 390 g/mol. The number of urea groups is 1. The smallest absolute Gasteiger partial charge is 0.410 e. The highest BCUT2D eigenvalue weighted by Gasteiger charge is 2.34. The number of carbonyl (C=O) groups is 4. The molecule has 2 rings (SSSR count). The molecule has 1 saturated heterocycles. The van der Waals surface area contributed by atoms with E-state index in [4.69, 9.17) is 9.47 Å². The molecule has 30 heavy (non-hydrogen) atoms. The number of amides is 4. The van der Waals surface area contributed by atoms with Gasteiger partial charge in [0.05, 0.1) is 5.92 Å². The molecule has 1 aliphatic rings. The first-order chi connectivity index (χ1) is 14.1. The highest BCUT2D eigenvalue weighted by Crippen LogP contribution is 2.25. The zero-order valence-electron chi connectivity index (χ0n) is 17.8. The topological polar surface area (TPSA) is 114 Å². The fourth-order valence-corrected chi connectivity index (χ4v) is 2.98. The van der Waals surface area contributed by atoms with Gasteiger partial charge >= 0.3 is 18.1 Å². The fraction of sp³-hybridized carbons (Fsp3) is 0.524. The highest BCUT2D eigenvalue weighted by atomic mass is 16.6. The summed E-state index contributed by atoms with van der Waals surface area (Å²) in [6, 6.07) is 7.79. The third kappa shape index (κ3) is 6.75. The molecule has 0 radical (unpaired) electrons. The molecule has 0 aliphatic carbocycles. The van der Waals surface area contributed by atoms with Gasteiger partial charge in [0.2, 0.25) is 6.10 Å². The van der Waals surface area contributed by atoms with Crippen LogP contribution in [0.25, 0.3) is 0 Å². The van der Waals surface area contributed by atoms with Gasteiger partial charge in [-0.2, -0.15) is 0 Å². The number of rotatable bonds is 4. The molecule has 0 aromatic heterocycles. The van der Waals surface area contributed by atoms with Crippen LogP contribution >= 0.6 is 0 Å². The normalized spacial score (nSPS) is 15.7. The lowest BCUT2D eigenvalue weighted by molar-refractivity contribution is -0.161. The Morgan fingerprint density at radius 2 is 1.67 bits per heavy atom. The molecule has 9 heteroatoms. The first kappa shape index (κ1) is 23.2. The predicted molar refractivity (Wildman–Crippen MR) is 108 cm³/mol. The highest BCUT2D eigenvalue weighted by molar-refractivity contribution is 5.97. The third-order valence-corrected chi connectivity index (χ3v) is 4.52. The molecule has 1 heterocycles. The van der Waals surface area contributed by atoms with E-state index in [1.165, 1.54) is 7.05 Å². The van der Waals surface area contributed by atoms with Crippen molar-refractivity contribution in [2.45, 2.75) is 45.3 Å². The Hall–Kier alpha value is -3.10. The maximum absolute atomic E-state index is 12.7. The number of benzene rings is 1. The van der Waals surface area contributed by atoms with Crippen LogP contribution in [-0.4, -0.2) is 54.6 Å². The van der Waals surface area contributed by atoms with E-state index >= 15 is 0 Å². The summed E-state index contributed by atoms with van der Waals surface area (Å²) >= 11 is 0. The molecule has 1 atom stereocenters. The van der Waals surface area contributed by atoms with Crippen molar-refractivity contribution in [3.8, 4) is 0 Å². The van der Waals surface area contributed by atoms with Crippen LogP contribution in [0.3, 0.4) is 0 Å². The van der Waals surface area contributed by atoms with Gasteiger partial charge in [-0.3, -0.25) is 14.9 Å². The molecule has 0 bridgehead atoms. The van der Waals surface area contributed by atoms with Gasteiger partial charge in [-0.15, -0.1) is 0 Å². The molecular formula is C21H29N3O6. The van der Waals surface area contributed by atoms with Gasteiger partial charge in [-0.1, -0.05) is 30.3 Å². The first-order valence-corrected chi connectivity index (χ1v) is 9.86. The molecule has 0 spiro atoms. The van der Waals surface area contributed by atoms with Crippen LogP contribution in [-0.2, 0) is 19.1 Å². The molecule has 9 nitrogen and oxygen atoms in total. The van der Waals surface area contributed by atoms with E-state index in [0.717, 1.165) is 0 Å². The van der Waals surface area contributed by atoms with Gasteiger partial charge < -0.3 is 19.7 Å². The number of esters is 1. The number of nitrogens with one attached hydrogen (secondary N) is 2. The Kier molecular flexibility index (Phi) is 7.79. The molecule has 4 amide bonds. The van der Waals surface area contributed by atoms with Crippen LogP contribution in [0, 0.1) is 5.92 Å². The van der Waals surface area contributed by atoms with Crippen molar-refractivity contribution in [3.05, 3.63) is 35.9 Å². The molecule has 2 N–H and O–H groups in total. The van der Waals surface area contributed by atoms with E-state index in [-0.39, 0.29) is 0 Å². The molecule has 1 aliphatic heterocycles. The average Bonchev–Trinajstić information content (AvgIpc) is 2.71. The van der Waals surface area contributed by atoms with Crippen molar-refractivity contribution in [3.63, 3.8) is 0 Å². The summed E-state index contributed by atoms with van der Waals surface area (Å²) in [5.74, 6) is -1.73. The number of piperidine rings is 1. The predicted octanol–water partition coefficient (Wildman–Crippen LogP) is 2.37. The minimum Gasteiger partial charge on any atom is -0.447 e. The molecule has 0 unspecified atom stereocenters. The Bertz CT molecular complexity index is 767. The van der Waals surface area contributed by atoms with Crippen molar-refractivity contribution < 1.29 is 28.7 Å². The van der Waals surface area contributed by atoms with E-state index in [1.807, 2.05) is 0 Å². The number of hydrogen-bond acceptors (Lipinski definition) is 6. The van der Waals surface area contributed by atoms with Crippen LogP contribution in [0.5, 0.6) is 0 Å². The second-order valence-electron chi connectivity index (χ2n) is 8.04. The van der Waals surface area contributed by atoms with Crippen molar-refractivity contribution in [2.24, 2.45) is 5.92 Å². The zero-order chi connectivity index (χ0) is 22.3. The largest absolute Gasteiger partial charge is 0.447 e. The van der Waals surface area contributed by atoms with Gasteiger partial charge in [0.15, 0.2) is 0 Å². The fourth-order valence-electron chi connectivity index (χ4n) is 2.98. The molecule has 164 valence electrons. The minimum atomic E-state index is -1.25. The number of carbonyl (C=O) groups excluding carboxylic acids is 4. The van der Waals surface area contributed by atoms with E-state index in [9.17, 15) is 19.2 Å². The lowest BCUT2D eigenvalue weighted by atomic mass is 9.97. The summed E-state index contributed by atoms with van der Waals surface area (Å²) in [4.78, 5) is 50.4. The van der Waals surface area contributed by atoms with Gasteiger partial charge in [0, 0.05) is 25.7 Å². The maximum atomic E-state index is 12.7. The summed E-state index contributed by atoms with van der Waals surface area (Å²) in [6.07, 6.45) is -0.867. The maximum Gasteiger partial charge on any atom is 0.410 e. The van der Waals surface area contributed by atoms with Crippen molar-refractivity contribution in [1.82, 2.24) is 15.5 Å². The number of nitrogens with zero attached hydrogens (tertiary/aromatic N) is 1. The number of ether oxygens (including phenoxy) is 2. The summed E-state index contributed by atoms with van der Waals surface area (Å²) in [5, 5.41) is 4.43. The number of hydrogen-bond donors (Lipinski definition) is 2.